The van der Waals surface area contributed by atoms with Crippen LogP contribution in [0.3, 0.4) is 0 Å². The fourth-order valence-electron chi connectivity index (χ4n) is 1.72. The first kappa shape index (κ1) is 14.3. The third-order valence-electron chi connectivity index (χ3n) is 2.30. The molecule has 1 aromatic rings. The average Bonchev–Trinajstić information content (AvgIpc) is 2.16. The summed E-state index contributed by atoms with van der Waals surface area (Å²) in [6.45, 7) is 1.98. The number of rotatable bonds is 5. The minimum atomic E-state index is -0.908. The standard InChI is InChI=1S/C12H19N2.ClH.Sn/c1-13(2)9-11-6-5-7-12(8-11)10-14(3)4;;/h5-7H,9-10H2,1-4H3;1H;/q;;+1/p-1. The van der Waals surface area contributed by atoms with Crippen LogP contribution < -0.4 is 3.58 Å². The molecule has 2 radical (unpaired) electrons. The Morgan fingerprint density at radius 3 is 1.75 bits per heavy atom. The molecule has 1 aromatic carbocycles. The Hall–Kier alpha value is 0.229. The summed E-state index contributed by atoms with van der Waals surface area (Å²) < 4.78 is 1.45. The molecule has 0 N–H and O–H groups in total. The molecule has 88 valence electrons. The number of nitrogens with zero attached hydrogens (tertiary/aromatic N) is 2. The molecule has 4 heteroatoms. The van der Waals surface area contributed by atoms with Gasteiger partial charge in [-0.3, -0.25) is 0 Å². The van der Waals surface area contributed by atoms with E-state index >= 15 is 0 Å². The van der Waals surface area contributed by atoms with Gasteiger partial charge < -0.3 is 0 Å². The van der Waals surface area contributed by atoms with E-state index in [0.717, 1.165) is 13.1 Å². The van der Waals surface area contributed by atoms with E-state index in [4.69, 9.17) is 8.92 Å². The molecule has 0 aliphatic heterocycles. The maximum absolute atomic E-state index is 6.24. The Labute approximate surface area is 113 Å². The van der Waals surface area contributed by atoms with E-state index in [0.29, 0.717) is 0 Å². The Morgan fingerprint density at radius 2 is 1.44 bits per heavy atom. The number of hydrogen-bond donors (Lipinski definition) is 0. The van der Waals surface area contributed by atoms with Gasteiger partial charge in [-0.05, 0) is 0 Å². The van der Waals surface area contributed by atoms with E-state index in [1.165, 1.54) is 14.7 Å². The van der Waals surface area contributed by atoms with Crippen molar-refractivity contribution in [3.63, 3.8) is 0 Å². The number of benzene rings is 1. The second-order valence-corrected chi connectivity index (χ2v) is 7.76. The van der Waals surface area contributed by atoms with Crippen LogP contribution in [0.2, 0.25) is 0 Å². The molecule has 0 heterocycles. The first-order valence-corrected chi connectivity index (χ1v) is 10.4. The van der Waals surface area contributed by atoms with Crippen molar-refractivity contribution in [2.24, 2.45) is 0 Å². The predicted molar refractivity (Wildman–Crippen MR) is 72.5 cm³/mol. The average molecular weight is 345 g/mol. The molecular weight excluding hydrogens is 326 g/mol. The molecule has 0 spiro atoms. The zero-order valence-electron chi connectivity index (χ0n) is 10.4. The van der Waals surface area contributed by atoms with Crippen LogP contribution in [-0.2, 0) is 13.1 Å². The van der Waals surface area contributed by atoms with Gasteiger partial charge in [-0.2, -0.15) is 0 Å². The molecule has 0 aliphatic carbocycles. The Kier molecular flexibility index (Phi) is 6.11. The monoisotopic (exact) mass is 346 g/mol. The minimum absolute atomic E-state index is 0.908. The summed E-state index contributed by atoms with van der Waals surface area (Å²) in [7, 11) is 14.6. The third-order valence-corrected chi connectivity index (χ3v) is 5.94. The van der Waals surface area contributed by atoms with Crippen LogP contribution >= 0.6 is 8.92 Å². The van der Waals surface area contributed by atoms with Crippen LogP contribution in [0.1, 0.15) is 11.1 Å². The Balaban J connectivity index is 3.00. The van der Waals surface area contributed by atoms with Crippen molar-refractivity contribution in [1.82, 2.24) is 9.80 Å². The van der Waals surface area contributed by atoms with Crippen molar-refractivity contribution in [2.75, 3.05) is 28.2 Å². The molecular formula is C12H19ClN2Sn. The fraction of sp³-hybridized carbons (Fsp3) is 0.500. The second-order valence-electron chi connectivity index (χ2n) is 4.52. The van der Waals surface area contributed by atoms with Crippen molar-refractivity contribution >= 4 is 32.5 Å². The molecule has 0 atom stereocenters. The normalized spacial score (nSPS) is 11.4. The number of halogens is 1. The van der Waals surface area contributed by atoms with Gasteiger partial charge in [0.25, 0.3) is 0 Å². The second kappa shape index (κ2) is 6.84. The van der Waals surface area contributed by atoms with Gasteiger partial charge in [-0.15, -0.1) is 0 Å². The predicted octanol–water partition coefficient (Wildman–Crippen LogP) is 1.29. The summed E-state index contributed by atoms with van der Waals surface area (Å²) in [5.41, 5.74) is 2.82. The summed E-state index contributed by atoms with van der Waals surface area (Å²) in [5.74, 6) is 0. The SMILES string of the molecule is CN(C)Cc1cccc(CN(C)C)[c]1[Sn][Cl]. The molecule has 0 unspecified atom stereocenters. The summed E-state index contributed by atoms with van der Waals surface area (Å²) in [6.07, 6.45) is 0. The Morgan fingerprint density at radius 1 is 1.00 bits per heavy atom. The van der Waals surface area contributed by atoms with Gasteiger partial charge in [0.05, 0.1) is 0 Å². The van der Waals surface area contributed by atoms with Crippen molar-refractivity contribution in [3.05, 3.63) is 29.3 Å². The van der Waals surface area contributed by atoms with E-state index < -0.39 is 20.0 Å². The molecule has 0 fully saturated rings. The van der Waals surface area contributed by atoms with Crippen molar-refractivity contribution in [2.45, 2.75) is 13.1 Å². The quantitative estimate of drug-likeness (QED) is 0.742. The van der Waals surface area contributed by atoms with Crippen LogP contribution in [0.25, 0.3) is 0 Å². The molecule has 0 aliphatic rings. The van der Waals surface area contributed by atoms with Crippen LogP contribution in [-0.4, -0.2) is 58.0 Å². The molecule has 0 saturated heterocycles. The van der Waals surface area contributed by atoms with Gasteiger partial charge >= 0.3 is 113 Å². The zero-order chi connectivity index (χ0) is 12.1. The van der Waals surface area contributed by atoms with Crippen LogP contribution in [0.4, 0.5) is 0 Å². The van der Waals surface area contributed by atoms with Crippen molar-refractivity contribution < 1.29 is 0 Å². The van der Waals surface area contributed by atoms with Gasteiger partial charge in [0.2, 0.25) is 0 Å². The molecule has 0 amide bonds. The van der Waals surface area contributed by atoms with E-state index in [9.17, 15) is 0 Å². The van der Waals surface area contributed by atoms with Crippen LogP contribution in [0.15, 0.2) is 18.2 Å². The first-order chi connectivity index (χ1) is 7.54. The summed E-state index contributed by atoms with van der Waals surface area (Å²) >= 11 is -0.908. The molecule has 0 saturated carbocycles. The van der Waals surface area contributed by atoms with E-state index in [2.05, 4.69) is 56.2 Å². The van der Waals surface area contributed by atoms with Gasteiger partial charge in [-0.1, -0.05) is 0 Å². The fourth-order valence-corrected chi connectivity index (χ4v) is 4.97. The molecule has 2 nitrogen and oxygen atoms in total. The molecule has 16 heavy (non-hydrogen) atoms. The topological polar surface area (TPSA) is 6.48 Å². The Bertz CT molecular complexity index is 312. The van der Waals surface area contributed by atoms with Gasteiger partial charge in [-0.25, -0.2) is 0 Å². The van der Waals surface area contributed by atoms with Crippen molar-refractivity contribution in [1.29, 1.82) is 0 Å². The van der Waals surface area contributed by atoms with Crippen LogP contribution in [0, 0.1) is 0 Å². The molecule has 0 bridgehead atoms. The third kappa shape index (κ3) is 4.24. The molecule has 1 rings (SSSR count). The summed E-state index contributed by atoms with van der Waals surface area (Å²) in [5, 5.41) is 0. The van der Waals surface area contributed by atoms with Crippen molar-refractivity contribution in [3.8, 4) is 0 Å². The first-order valence-electron chi connectivity index (χ1n) is 5.31. The van der Waals surface area contributed by atoms with E-state index in [-0.39, 0.29) is 0 Å². The maximum atomic E-state index is 6.24. The van der Waals surface area contributed by atoms with E-state index in [1.807, 2.05) is 0 Å². The summed E-state index contributed by atoms with van der Waals surface area (Å²) in [6, 6.07) is 6.56. The molecule has 0 aromatic heterocycles. The van der Waals surface area contributed by atoms with Gasteiger partial charge in [0, 0.05) is 0 Å². The van der Waals surface area contributed by atoms with Gasteiger partial charge in [0.1, 0.15) is 0 Å². The van der Waals surface area contributed by atoms with E-state index in [1.54, 1.807) is 0 Å². The van der Waals surface area contributed by atoms with Crippen LogP contribution in [0.5, 0.6) is 0 Å². The number of hydrogen-bond acceptors (Lipinski definition) is 2. The van der Waals surface area contributed by atoms with Gasteiger partial charge in [0.15, 0.2) is 0 Å². The summed E-state index contributed by atoms with van der Waals surface area (Å²) in [4.78, 5) is 4.40. The zero-order valence-corrected chi connectivity index (χ0v) is 14.0.